The van der Waals surface area contributed by atoms with Crippen molar-refractivity contribution in [2.45, 2.75) is 26.1 Å². The zero-order chi connectivity index (χ0) is 4.73. The van der Waals surface area contributed by atoms with E-state index >= 15 is 0 Å². The summed E-state index contributed by atoms with van der Waals surface area (Å²) in [6, 6.07) is 0. The highest BCUT2D eigenvalue weighted by molar-refractivity contribution is 4.76. The number of hydrogen-bond acceptors (Lipinski definition) is 1. The van der Waals surface area contributed by atoms with E-state index < -0.39 is 0 Å². The maximum Gasteiger partial charge on any atom is 0.231 e. The third-order valence-corrected chi connectivity index (χ3v) is 1.32. The maximum atomic E-state index is 10.1. The molecule has 2 heteroatoms. The van der Waals surface area contributed by atoms with Gasteiger partial charge in [0.15, 0.2) is 0 Å². The van der Waals surface area contributed by atoms with Crippen LogP contribution in [0.5, 0.6) is 0 Å². The van der Waals surface area contributed by atoms with Gasteiger partial charge in [-0.1, -0.05) is 0 Å². The first-order valence-corrected chi connectivity index (χ1v) is 2.13. The van der Waals surface area contributed by atoms with Crippen LogP contribution in [0.4, 0.5) is 0 Å². The summed E-state index contributed by atoms with van der Waals surface area (Å²) in [5.74, 6) is 0. The molecular weight excluding hydrogens is 80.0 g/mol. The molecule has 2 nitrogen and oxygen atoms in total. The molecule has 2 unspecified atom stereocenters. The fourth-order valence-corrected chi connectivity index (χ4v) is 0.427. The lowest BCUT2D eigenvalue weighted by Gasteiger charge is -1.91. The van der Waals surface area contributed by atoms with Gasteiger partial charge in [-0.2, -0.15) is 0 Å². The Bertz CT molecular complexity index is 42.3. The average Bonchev–Trinajstić information content (AvgIpc) is 1.94. The van der Waals surface area contributed by atoms with Crippen LogP contribution >= 0.6 is 0 Å². The summed E-state index contributed by atoms with van der Waals surface area (Å²) in [7, 11) is 0. The second kappa shape index (κ2) is 0.950. The maximum absolute atomic E-state index is 10.1. The van der Waals surface area contributed by atoms with E-state index in [1.807, 2.05) is 13.8 Å². The lowest BCUT2D eigenvalue weighted by Crippen LogP contribution is -2.06. The zero-order valence-electron chi connectivity index (χ0n) is 3.97. The van der Waals surface area contributed by atoms with Gasteiger partial charge in [0.25, 0.3) is 0 Å². The summed E-state index contributed by atoms with van der Waals surface area (Å²) in [5.41, 5.74) is 0. The second-order valence-electron chi connectivity index (χ2n) is 1.74. The van der Waals surface area contributed by atoms with E-state index in [2.05, 4.69) is 0 Å². The molecule has 36 valence electrons. The molecule has 0 N–H and O–H groups in total. The fourth-order valence-electron chi connectivity index (χ4n) is 0.427. The van der Waals surface area contributed by atoms with Gasteiger partial charge in [0.2, 0.25) is 12.2 Å². The van der Waals surface area contributed by atoms with E-state index in [1.165, 1.54) is 0 Å². The predicted molar refractivity (Wildman–Crippen MR) is 20.0 cm³/mol. The SMILES string of the molecule is CC1C(C)[O+]1[O-]. The number of hydrogen-bond donors (Lipinski definition) is 0. The Morgan fingerprint density at radius 1 is 1.33 bits per heavy atom. The molecule has 6 heavy (non-hydrogen) atoms. The molecular formula is C4H8O2. The van der Waals surface area contributed by atoms with E-state index in [-0.39, 0.29) is 12.2 Å². The van der Waals surface area contributed by atoms with E-state index in [1.54, 1.807) is 4.52 Å². The smallest absolute Gasteiger partial charge is 0.231 e. The van der Waals surface area contributed by atoms with Crippen molar-refractivity contribution >= 4 is 0 Å². The van der Waals surface area contributed by atoms with Crippen molar-refractivity contribution in [3.8, 4) is 0 Å². The van der Waals surface area contributed by atoms with Crippen LogP contribution in [0.2, 0.25) is 0 Å². The molecule has 1 heterocycles. The van der Waals surface area contributed by atoms with Crippen molar-refractivity contribution in [2.75, 3.05) is 0 Å². The van der Waals surface area contributed by atoms with Crippen molar-refractivity contribution in [3.63, 3.8) is 0 Å². The molecule has 1 aliphatic rings. The summed E-state index contributed by atoms with van der Waals surface area (Å²) in [6.07, 6.45) is 0.426. The Morgan fingerprint density at radius 3 is 1.50 bits per heavy atom. The molecule has 0 saturated carbocycles. The van der Waals surface area contributed by atoms with Crippen LogP contribution in [-0.2, 0) is 4.52 Å². The largest absolute Gasteiger partial charge is 0.533 e. The van der Waals surface area contributed by atoms with Crippen molar-refractivity contribution < 1.29 is 9.78 Å². The van der Waals surface area contributed by atoms with Gasteiger partial charge in [0, 0.05) is 13.8 Å². The molecule has 0 aliphatic carbocycles. The highest BCUT2D eigenvalue weighted by atomic mass is 17.3. The van der Waals surface area contributed by atoms with Crippen molar-refractivity contribution in [1.29, 1.82) is 0 Å². The summed E-state index contributed by atoms with van der Waals surface area (Å²) in [4.78, 5) is 0. The normalized spacial score (nSPS) is 46.5. The third kappa shape index (κ3) is 0.340. The van der Waals surface area contributed by atoms with Gasteiger partial charge in [0.1, 0.15) is 0 Å². The van der Waals surface area contributed by atoms with E-state index in [0.29, 0.717) is 0 Å². The minimum absolute atomic E-state index is 0.213. The Labute approximate surface area is 37.0 Å². The number of rotatable bonds is 0. The van der Waals surface area contributed by atoms with E-state index in [9.17, 15) is 5.26 Å². The highest BCUT2D eigenvalue weighted by Crippen LogP contribution is 2.26. The highest BCUT2D eigenvalue weighted by Gasteiger charge is 2.44. The molecule has 1 fully saturated rings. The minimum atomic E-state index is 0.213. The summed E-state index contributed by atoms with van der Waals surface area (Å²) in [6.45, 7) is 3.78. The molecule has 0 amide bonds. The summed E-state index contributed by atoms with van der Waals surface area (Å²) >= 11 is 0. The van der Waals surface area contributed by atoms with Crippen LogP contribution in [0.25, 0.3) is 0 Å². The Morgan fingerprint density at radius 2 is 1.50 bits per heavy atom. The predicted octanol–water partition coefficient (Wildman–Crippen LogP) is -0.395. The first-order chi connectivity index (χ1) is 2.73. The molecule has 0 radical (unpaired) electrons. The van der Waals surface area contributed by atoms with Crippen molar-refractivity contribution in [3.05, 3.63) is 0 Å². The van der Waals surface area contributed by atoms with Crippen LogP contribution in [0.1, 0.15) is 13.8 Å². The standard InChI is InChI=1S/C4H8O2/c1-3-4(2)6(3)5/h3-4H,1-2H3. The van der Waals surface area contributed by atoms with Crippen LogP contribution in [0.3, 0.4) is 0 Å². The topological polar surface area (TPSA) is 25.8 Å². The molecule has 1 rings (SSSR count). The Hall–Kier alpha value is -0.0800. The molecule has 1 saturated heterocycles. The molecule has 1 aliphatic heterocycles. The monoisotopic (exact) mass is 88.1 g/mol. The quantitative estimate of drug-likeness (QED) is 0.225. The molecule has 0 bridgehead atoms. The van der Waals surface area contributed by atoms with Gasteiger partial charge >= 0.3 is 0 Å². The minimum Gasteiger partial charge on any atom is -0.533 e. The first kappa shape index (κ1) is 4.09. The van der Waals surface area contributed by atoms with Crippen molar-refractivity contribution in [2.24, 2.45) is 0 Å². The molecule has 0 aromatic heterocycles. The lowest BCUT2D eigenvalue weighted by atomic mass is 10.4. The molecule has 0 aromatic carbocycles. The van der Waals surface area contributed by atoms with Gasteiger partial charge in [-0.15, -0.1) is 0 Å². The van der Waals surface area contributed by atoms with Crippen LogP contribution in [0.15, 0.2) is 0 Å². The second-order valence-corrected chi connectivity index (χ2v) is 1.74. The van der Waals surface area contributed by atoms with E-state index in [4.69, 9.17) is 0 Å². The van der Waals surface area contributed by atoms with Crippen molar-refractivity contribution in [1.82, 2.24) is 0 Å². The summed E-state index contributed by atoms with van der Waals surface area (Å²) < 4.78 is 1.74. The van der Waals surface area contributed by atoms with Crippen LogP contribution < -0.4 is 5.26 Å². The van der Waals surface area contributed by atoms with Crippen LogP contribution in [0, 0.1) is 0 Å². The Kier molecular flexibility index (Phi) is 0.648. The van der Waals surface area contributed by atoms with Gasteiger partial charge in [-0.3, -0.25) is 0 Å². The first-order valence-electron chi connectivity index (χ1n) is 2.13. The summed E-state index contributed by atoms with van der Waals surface area (Å²) in [5, 5.41) is 10.1. The molecule has 0 aromatic rings. The van der Waals surface area contributed by atoms with Gasteiger partial charge < -0.3 is 9.78 Å². The molecule has 0 spiro atoms. The fraction of sp³-hybridized carbons (Fsp3) is 1.00. The third-order valence-electron chi connectivity index (χ3n) is 1.32. The van der Waals surface area contributed by atoms with Gasteiger partial charge in [-0.25, -0.2) is 0 Å². The zero-order valence-corrected chi connectivity index (χ0v) is 3.97. The molecule has 2 atom stereocenters. The number of epoxide rings is 1. The average molecular weight is 88.1 g/mol. The van der Waals surface area contributed by atoms with E-state index in [0.717, 1.165) is 0 Å². The Balaban J connectivity index is 2.31. The van der Waals surface area contributed by atoms with Crippen LogP contribution in [-0.4, -0.2) is 12.2 Å². The lowest BCUT2D eigenvalue weighted by molar-refractivity contribution is -0.742. The van der Waals surface area contributed by atoms with Gasteiger partial charge in [-0.05, 0) is 0 Å². The van der Waals surface area contributed by atoms with Gasteiger partial charge in [0.05, 0.1) is 0 Å².